The zero-order valence-corrected chi connectivity index (χ0v) is 13.6. The molecule has 1 rings (SSSR count). The van der Waals surface area contributed by atoms with E-state index in [1.807, 2.05) is 39.0 Å². The maximum absolute atomic E-state index is 11.5. The summed E-state index contributed by atoms with van der Waals surface area (Å²) in [6.45, 7) is 8.11. The first kappa shape index (κ1) is 18.9. The Balaban J connectivity index is 0.00000191. The standard InChI is InChI=1S/C15H20N2O2.C2H6/c1-4-6-8-12(7-5-2)19-13-9-10-17-14(11-13)15(18)16-3;1-2/h6-11H,4-5H2,1-3H3,(H,16,18);1-2H3/b8-6-,12-7+;. The fraction of sp³-hybridized carbons (Fsp3) is 0.412. The molecule has 0 unspecified atom stereocenters. The topological polar surface area (TPSA) is 51.2 Å². The van der Waals surface area contributed by atoms with Crippen LogP contribution >= 0.6 is 0 Å². The molecular weight excluding hydrogens is 264 g/mol. The van der Waals surface area contributed by atoms with E-state index in [2.05, 4.69) is 17.2 Å². The number of carbonyl (C=O) groups excluding carboxylic acids is 1. The fourth-order valence-electron chi connectivity index (χ4n) is 1.44. The molecule has 0 aliphatic carbocycles. The molecule has 1 aromatic heterocycles. The van der Waals surface area contributed by atoms with Crippen LogP contribution in [0.1, 0.15) is 51.0 Å². The molecule has 1 amide bonds. The van der Waals surface area contributed by atoms with Crippen LogP contribution in [0.4, 0.5) is 0 Å². The van der Waals surface area contributed by atoms with E-state index >= 15 is 0 Å². The van der Waals surface area contributed by atoms with Crippen LogP contribution in [0, 0.1) is 0 Å². The van der Waals surface area contributed by atoms with Gasteiger partial charge in [0, 0.05) is 19.3 Å². The van der Waals surface area contributed by atoms with E-state index in [1.54, 1.807) is 25.4 Å². The maximum Gasteiger partial charge on any atom is 0.269 e. The first-order chi connectivity index (χ1) is 10.2. The summed E-state index contributed by atoms with van der Waals surface area (Å²) < 4.78 is 5.75. The van der Waals surface area contributed by atoms with Gasteiger partial charge in [-0.15, -0.1) is 0 Å². The fourth-order valence-corrected chi connectivity index (χ4v) is 1.44. The van der Waals surface area contributed by atoms with Gasteiger partial charge in [-0.05, 0) is 31.1 Å². The molecule has 21 heavy (non-hydrogen) atoms. The highest BCUT2D eigenvalue weighted by molar-refractivity contribution is 5.92. The van der Waals surface area contributed by atoms with Gasteiger partial charge in [0.15, 0.2) is 0 Å². The summed E-state index contributed by atoms with van der Waals surface area (Å²) in [7, 11) is 1.57. The number of allylic oxidation sites excluding steroid dienone is 3. The molecule has 0 radical (unpaired) electrons. The van der Waals surface area contributed by atoms with Gasteiger partial charge in [-0.3, -0.25) is 9.78 Å². The van der Waals surface area contributed by atoms with Crippen LogP contribution < -0.4 is 10.1 Å². The number of nitrogens with zero attached hydrogens (tertiary/aromatic N) is 1. The zero-order valence-electron chi connectivity index (χ0n) is 13.6. The Bertz CT molecular complexity index is 479. The van der Waals surface area contributed by atoms with Crippen molar-refractivity contribution in [2.45, 2.75) is 40.5 Å². The van der Waals surface area contributed by atoms with Gasteiger partial charge >= 0.3 is 0 Å². The lowest BCUT2D eigenvalue weighted by Gasteiger charge is -2.07. The molecule has 1 heterocycles. The number of nitrogens with one attached hydrogen (secondary N) is 1. The highest BCUT2D eigenvalue weighted by Gasteiger charge is 2.06. The lowest BCUT2D eigenvalue weighted by atomic mass is 10.3. The summed E-state index contributed by atoms with van der Waals surface area (Å²) in [5.74, 6) is 1.16. The van der Waals surface area contributed by atoms with Gasteiger partial charge in [0.1, 0.15) is 17.2 Å². The van der Waals surface area contributed by atoms with E-state index in [-0.39, 0.29) is 5.91 Å². The largest absolute Gasteiger partial charge is 0.458 e. The number of hydrogen-bond acceptors (Lipinski definition) is 3. The number of carbonyl (C=O) groups is 1. The van der Waals surface area contributed by atoms with Crippen LogP contribution in [0.25, 0.3) is 0 Å². The number of rotatable bonds is 6. The van der Waals surface area contributed by atoms with Gasteiger partial charge < -0.3 is 10.1 Å². The Morgan fingerprint density at radius 3 is 2.62 bits per heavy atom. The first-order valence-electron chi connectivity index (χ1n) is 7.43. The van der Waals surface area contributed by atoms with Crippen molar-refractivity contribution < 1.29 is 9.53 Å². The van der Waals surface area contributed by atoms with Crippen molar-refractivity contribution in [2.75, 3.05) is 7.05 Å². The summed E-state index contributed by atoms with van der Waals surface area (Å²) in [4.78, 5) is 15.5. The van der Waals surface area contributed by atoms with Crippen molar-refractivity contribution in [3.8, 4) is 5.75 Å². The summed E-state index contributed by atoms with van der Waals surface area (Å²) in [5, 5.41) is 2.54. The van der Waals surface area contributed by atoms with Gasteiger partial charge in [0.2, 0.25) is 0 Å². The van der Waals surface area contributed by atoms with E-state index in [9.17, 15) is 4.79 Å². The normalized spacial score (nSPS) is 10.8. The maximum atomic E-state index is 11.5. The van der Waals surface area contributed by atoms with Crippen LogP contribution in [-0.2, 0) is 0 Å². The van der Waals surface area contributed by atoms with Gasteiger partial charge in [-0.2, -0.15) is 0 Å². The Hall–Kier alpha value is -2.10. The van der Waals surface area contributed by atoms with Crippen LogP contribution in [-0.4, -0.2) is 17.9 Å². The summed E-state index contributed by atoms with van der Waals surface area (Å²) >= 11 is 0. The third-order valence-electron chi connectivity index (χ3n) is 2.35. The predicted molar refractivity (Wildman–Crippen MR) is 87.4 cm³/mol. The highest BCUT2D eigenvalue weighted by atomic mass is 16.5. The van der Waals surface area contributed by atoms with Crippen LogP contribution in [0.5, 0.6) is 5.75 Å². The molecule has 4 nitrogen and oxygen atoms in total. The second-order valence-electron chi connectivity index (χ2n) is 3.88. The minimum Gasteiger partial charge on any atom is -0.458 e. The number of amides is 1. The van der Waals surface area contributed by atoms with Crippen molar-refractivity contribution >= 4 is 5.91 Å². The molecule has 0 spiro atoms. The van der Waals surface area contributed by atoms with Gasteiger partial charge in [0.05, 0.1) is 0 Å². The summed E-state index contributed by atoms with van der Waals surface area (Å²) in [6, 6.07) is 3.36. The van der Waals surface area contributed by atoms with Crippen molar-refractivity contribution in [1.82, 2.24) is 10.3 Å². The molecule has 116 valence electrons. The van der Waals surface area contributed by atoms with Crippen molar-refractivity contribution in [3.05, 3.63) is 48.0 Å². The number of ether oxygens (including phenoxy) is 1. The quantitative estimate of drug-likeness (QED) is 0.633. The lowest BCUT2D eigenvalue weighted by Crippen LogP contribution is -2.19. The predicted octanol–water partition coefficient (Wildman–Crippen LogP) is 4.11. The van der Waals surface area contributed by atoms with Crippen LogP contribution in [0.2, 0.25) is 0 Å². The molecule has 0 bridgehead atoms. The molecule has 1 aromatic rings. The van der Waals surface area contributed by atoms with Crippen LogP contribution in [0.3, 0.4) is 0 Å². The molecule has 1 N–H and O–H groups in total. The SMILES string of the molecule is CC.CC/C=C\C(=C/CC)Oc1ccnc(C(=O)NC)c1. The van der Waals surface area contributed by atoms with Crippen molar-refractivity contribution in [3.63, 3.8) is 0 Å². The number of aromatic nitrogens is 1. The van der Waals surface area contributed by atoms with E-state index in [4.69, 9.17) is 4.74 Å². The molecule has 0 aliphatic rings. The molecule has 0 saturated heterocycles. The second kappa shape index (κ2) is 11.7. The second-order valence-corrected chi connectivity index (χ2v) is 3.88. The van der Waals surface area contributed by atoms with Gasteiger partial charge in [-0.25, -0.2) is 0 Å². The molecule has 0 saturated carbocycles. The first-order valence-corrected chi connectivity index (χ1v) is 7.43. The van der Waals surface area contributed by atoms with Gasteiger partial charge in [0.25, 0.3) is 5.91 Å². The third kappa shape index (κ3) is 7.30. The van der Waals surface area contributed by atoms with E-state index in [1.165, 1.54) is 0 Å². The summed E-state index contributed by atoms with van der Waals surface area (Å²) in [6.07, 6.45) is 9.35. The Morgan fingerprint density at radius 2 is 2.05 bits per heavy atom. The molecule has 4 heteroatoms. The Labute approximate surface area is 127 Å². The highest BCUT2D eigenvalue weighted by Crippen LogP contribution is 2.15. The molecule has 0 fully saturated rings. The van der Waals surface area contributed by atoms with E-state index in [0.29, 0.717) is 11.4 Å². The number of hydrogen-bond donors (Lipinski definition) is 1. The Morgan fingerprint density at radius 1 is 1.33 bits per heavy atom. The van der Waals surface area contributed by atoms with Crippen molar-refractivity contribution in [2.24, 2.45) is 0 Å². The van der Waals surface area contributed by atoms with E-state index in [0.717, 1.165) is 18.6 Å². The zero-order chi connectivity index (χ0) is 16.1. The molecule has 0 atom stereocenters. The van der Waals surface area contributed by atoms with Crippen molar-refractivity contribution in [1.29, 1.82) is 0 Å². The average molecular weight is 290 g/mol. The lowest BCUT2D eigenvalue weighted by molar-refractivity contribution is 0.0958. The Kier molecular flexibility index (Phi) is 10.5. The minimum atomic E-state index is -0.226. The van der Waals surface area contributed by atoms with Crippen LogP contribution in [0.15, 0.2) is 42.3 Å². The third-order valence-corrected chi connectivity index (χ3v) is 2.35. The number of pyridine rings is 1. The molecule has 0 aromatic carbocycles. The summed E-state index contributed by atoms with van der Waals surface area (Å²) in [5.41, 5.74) is 0.343. The average Bonchev–Trinajstić information content (AvgIpc) is 2.54. The molecular formula is C17H26N2O2. The molecule has 0 aliphatic heterocycles. The minimum absolute atomic E-state index is 0.226. The monoisotopic (exact) mass is 290 g/mol. The smallest absolute Gasteiger partial charge is 0.269 e. The van der Waals surface area contributed by atoms with E-state index < -0.39 is 0 Å². The van der Waals surface area contributed by atoms with Gasteiger partial charge in [-0.1, -0.05) is 33.8 Å².